The molecule has 0 amide bonds. The number of allylic oxidation sites excluding steroid dienone is 1. The largest absolute Gasteiger partial charge is 0.460 e. The van der Waals surface area contributed by atoms with E-state index in [0.29, 0.717) is 0 Å². The van der Waals surface area contributed by atoms with Gasteiger partial charge in [-0.15, -0.1) is 0 Å². The molecule has 1 aromatic heterocycles. The van der Waals surface area contributed by atoms with E-state index in [1.807, 2.05) is 0 Å². The second-order valence-electron chi connectivity index (χ2n) is 11.5. The number of aryl methyl sites for hydroxylation is 1. The Hall–Kier alpha value is -5.40. The number of benzene rings is 7. The van der Waals surface area contributed by atoms with Crippen LogP contribution in [-0.2, 0) is 6.42 Å². The summed E-state index contributed by atoms with van der Waals surface area (Å²) in [5.74, 6) is 1.08. The summed E-state index contributed by atoms with van der Waals surface area (Å²) in [5.41, 5.74) is 9.80. The summed E-state index contributed by atoms with van der Waals surface area (Å²) in [6.07, 6.45) is 4.24. The molecule has 0 fully saturated rings. The van der Waals surface area contributed by atoms with Crippen LogP contribution >= 0.6 is 0 Å². The Morgan fingerprint density at radius 3 is 1.72 bits per heavy atom. The highest BCUT2D eigenvalue weighted by molar-refractivity contribution is 6.23. The number of fused-ring (bicyclic) bond motifs is 6. The Kier molecular flexibility index (Phi) is 5.39. The van der Waals surface area contributed by atoms with Crippen molar-refractivity contribution in [3.8, 4) is 22.3 Å². The van der Waals surface area contributed by atoms with Crippen LogP contribution in [-0.4, -0.2) is 0 Å². The van der Waals surface area contributed by atoms with Crippen LogP contribution in [0.4, 0.5) is 0 Å². The van der Waals surface area contributed by atoms with E-state index >= 15 is 0 Å². The van der Waals surface area contributed by atoms with Gasteiger partial charge in [0.25, 0.3) is 0 Å². The smallest absolute Gasteiger partial charge is 0.142 e. The fourth-order valence-electron chi connectivity index (χ4n) is 7.28. The van der Waals surface area contributed by atoms with Crippen LogP contribution in [0.5, 0.6) is 0 Å². The fraction of sp³-hybridized carbons (Fsp3) is 0.0476. The Morgan fingerprint density at radius 2 is 0.977 bits per heavy atom. The summed E-state index contributed by atoms with van der Waals surface area (Å²) in [4.78, 5) is 0. The van der Waals surface area contributed by atoms with Crippen molar-refractivity contribution in [2.75, 3.05) is 0 Å². The minimum absolute atomic E-state index is 0.896. The molecular formula is C42H28O. The maximum absolute atomic E-state index is 6.82. The van der Waals surface area contributed by atoms with E-state index in [9.17, 15) is 0 Å². The Bertz CT molecular complexity index is 2320. The summed E-state index contributed by atoms with van der Waals surface area (Å²) >= 11 is 0. The summed E-state index contributed by atoms with van der Waals surface area (Å²) < 4.78 is 6.82. The van der Waals surface area contributed by atoms with Crippen molar-refractivity contribution in [2.24, 2.45) is 0 Å². The number of rotatable bonds is 3. The highest BCUT2D eigenvalue weighted by atomic mass is 16.3. The molecule has 0 saturated heterocycles. The van der Waals surface area contributed by atoms with Gasteiger partial charge in [-0.05, 0) is 67.1 Å². The van der Waals surface area contributed by atoms with Gasteiger partial charge in [-0.1, -0.05) is 140 Å². The second-order valence-corrected chi connectivity index (χ2v) is 11.5. The molecule has 0 N–H and O–H groups in total. The van der Waals surface area contributed by atoms with Gasteiger partial charge in [0, 0.05) is 28.5 Å². The molecule has 8 aromatic rings. The average Bonchev–Trinajstić information content (AvgIpc) is 3.46. The average molecular weight is 549 g/mol. The number of furan rings is 1. The zero-order chi connectivity index (χ0) is 28.3. The molecule has 1 heteroatoms. The van der Waals surface area contributed by atoms with E-state index in [2.05, 4.69) is 146 Å². The third kappa shape index (κ3) is 3.72. The van der Waals surface area contributed by atoms with Gasteiger partial charge in [0.2, 0.25) is 0 Å². The normalized spacial score (nSPS) is 13.1. The Morgan fingerprint density at radius 1 is 0.419 bits per heavy atom. The molecule has 0 unspecified atom stereocenters. The van der Waals surface area contributed by atoms with E-state index < -0.39 is 0 Å². The minimum Gasteiger partial charge on any atom is -0.460 e. The van der Waals surface area contributed by atoms with Crippen molar-refractivity contribution in [3.63, 3.8) is 0 Å². The van der Waals surface area contributed by atoms with Gasteiger partial charge in [-0.2, -0.15) is 0 Å². The van der Waals surface area contributed by atoms with Crippen LogP contribution in [0, 0.1) is 0 Å². The predicted octanol–water partition coefficient (Wildman–Crippen LogP) is 11.7. The predicted molar refractivity (Wildman–Crippen MR) is 182 cm³/mol. The lowest BCUT2D eigenvalue weighted by Gasteiger charge is -2.17. The standard InChI is InChI=1S/C42H28O/c1-2-13-28(14-3-1)40-32-17-6-8-19-34(32)41(35-20-9-7-18-33(35)40)37-23-11-22-36-38-26-29(24-25-39(38)43-42(36)37)31-21-10-15-27-12-4-5-16-30(27)31/h1-23,26H,24-25H2. The molecule has 0 radical (unpaired) electrons. The monoisotopic (exact) mass is 548 g/mol. The van der Waals surface area contributed by atoms with Crippen LogP contribution in [0.1, 0.15) is 23.3 Å². The van der Waals surface area contributed by atoms with Gasteiger partial charge in [-0.25, -0.2) is 0 Å². The molecule has 202 valence electrons. The van der Waals surface area contributed by atoms with Gasteiger partial charge in [-0.3, -0.25) is 0 Å². The van der Waals surface area contributed by atoms with Crippen molar-refractivity contribution in [1.29, 1.82) is 0 Å². The number of para-hydroxylation sites is 1. The van der Waals surface area contributed by atoms with Crippen LogP contribution in [0.2, 0.25) is 0 Å². The summed E-state index contributed by atoms with van der Waals surface area (Å²) in [6, 6.07) is 50.4. The van der Waals surface area contributed by atoms with E-state index in [-0.39, 0.29) is 0 Å². The van der Waals surface area contributed by atoms with Gasteiger partial charge < -0.3 is 4.42 Å². The molecular weight excluding hydrogens is 520 g/mol. The number of hydrogen-bond acceptors (Lipinski definition) is 1. The summed E-state index contributed by atoms with van der Waals surface area (Å²) in [6.45, 7) is 0. The van der Waals surface area contributed by atoms with E-state index in [1.165, 1.54) is 71.1 Å². The molecule has 0 bridgehead atoms. The maximum atomic E-state index is 6.82. The molecule has 0 saturated carbocycles. The summed E-state index contributed by atoms with van der Waals surface area (Å²) in [5, 5.41) is 8.78. The van der Waals surface area contributed by atoms with Crippen LogP contribution < -0.4 is 0 Å². The molecule has 0 spiro atoms. The lowest BCUT2D eigenvalue weighted by Crippen LogP contribution is -1.97. The Balaban J connectivity index is 1.31. The van der Waals surface area contributed by atoms with Crippen molar-refractivity contribution in [3.05, 3.63) is 156 Å². The molecule has 0 aliphatic heterocycles. The SMILES string of the molecule is C1=C(c2cccc3ccccc23)CCc2oc3c(-c4c5ccccc5c(-c5ccccc5)c5ccccc45)cccc3c21. The molecule has 0 atom stereocenters. The molecule has 1 heterocycles. The van der Waals surface area contributed by atoms with E-state index in [0.717, 1.165) is 29.7 Å². The van der Waals surface area contributed by atoms with Crippen LogP contribution in [0.15, 0.2) is 144 Å². The van der Waals surface area contributed by atoms with Crippen molar-refractivity contribution >= 4 is 54.9 Å². The fourth-order valence-corrected chi connectivity index (χ4v) is 7.28. The zero-order valence-corrected chi connectivity index (χ0v) is 23.7. The first kappa shape index (κ1) is 24.2. The van der Waals surface area contributed by atoms with Crippen LogP contribution in [0.25, 0.3) is 77.2 Å². The quantitative estimate of drug-likeness (QED) is 0.200. The first-order valence-corrected chi connectivity index (χ1v) is 15.1. The van der Waals surface area contributed by atoms with Gasteiger partial charge in [0.1, 0.15) is 11.3 Å². The third-order valence-electron chi connectivity index (χ3n) is 9.17. The van der Waals surface area contributed by atoms with Crippen molar-refractivity contribution in [2.45, 2.75) is 12.8 Å². The summed E-state index contributed by atoms with van der Waals surface area (Å²) in [7, 11) is 0. The molecule has 1 aliphatic rings. The topological polar surface area (TPSA) is 13.1 Å². The third-order valence-corrected chi connectivity index (χ3v) is 9.17. The molecule has 1 aliphatic carbocycles. The lowest BCUT2D eigenvalue weighted by molar-refractivity contribution is 0.548. The highest BCUT2D eigenvalue weighted by Gasteiger charge is 2.24. The van der Waals surface area contributed by atoms with Gasteiger partial charge in [0.05, 0.1) is 0 Å². The van der Waals surface area contributed by atoms with Gasteiger partial charge in [0.15, 0.2) is 0 Å². The van der Waals surface area contributed by atoms with Crippen molar-refractivity contribution in [1.82, 2.24) is 0 Å². The van der Waals surface area contributed by atoms with E-state index in [4.69, 9.17) is 4.42 Å². The second kappa shape index (κ2) is 9.58. The highest BCUT2D eigenvalue weighted by Crippen LogP contribution is 2.47. The molecule has 7 aromatic carbocycles. The zero-order valence-electron chi connectivity index (χ0n) is 23.7. The molecule has 43 heavy (non-hydrogen) atoms. The first-order chi connectivity index (χ1) is 21.3. The van der Waals surface area contributed by atoms with Gasteiger partial charge >= 0.3 is 0 Å². The Labute approximate surface area is 250 Å². The molecule has 1 nitrogen and oxygen atoms in total. The first-order valence-electron chi connectivity index (χ1n) is 15.1. The lowest BCUT2D eigenvalue weighted by atomic mass is 9.85. The van der Waals surface area contributed by atoms with Crippen molar-refractivity contribution < 1.29 is 4.42 Å². The van der Waals surface area contributed by atoms with E-state index in [1.54, 1.807) is 0 Å². The minimum atomic E-state index is 0.896. The number of hydrogen-bond donors (Lipinski definition) is 0. The molecule has 9 rings (SSSR count). The maximum Gasteiger partial charge on any atom is 0.142 e. The van der Waals surface area contributed by atoms with Crippen LogP contribution in [0.3, 0.4) is 0 Å².